The van der Waals surface area contributed by atoms with Crippen molar-refractivity contribution in [3.8, 4) is 0 Å². The van der Waals surface area contributed by atoms with Gasteiger partial charge in [-0.3, -0.25) is 9.69 Å². The van der Waals surface area contributed by atoms with Gasteiger partial charge in [-0.25, -0.2) is 4.79 Å². The monoisotopic (exact) mass is 300 g/mol. The summed E-state index contributed by atoms with van der Waals surface area (Å²) in [6.07, 6.45) is 2.17. The van der Waals surface area contributed by atoms with Gasteiger partial charge < -0.3 is 15.2 Å². The van der Waals surface area contributed by atoms with E-state index in [9.17, 15) is 14.7 Å². The number of piperidine rings is 1. The smallest absolute Gasteiger partial charge is 0.328 e. The van der Waals surface area contributed by atoms with Gasteiger partial charge in [-0.15, -0.1) is 0 Å². The molecule has 1 rings (SSSR count). The van der Waals surface area contributed by atoms with Crippen molar-refractivity contribution in [2.75, 3.05) is 26.7 Å². The molecule has 6 nitrogen and oxygen atoms in total. The second-order valence-electron chi connectivity index (χ2n) is 6.58. The van der Waals surface area contributed by atoms with Crippen LogP contribution in [-0.4, -0.2) is 60.3 Å². The van der Waals surface area contributed by atoms with E-state index in [-0.39, 0.29) is 18.4 Å². The van der Waals surface area contributed by atoms with E-state index in [2.05, 4.69) is 5.32 Å². The number of β-amino-alcohol motifs (C(OH)–C–C–N with tert-alkyl or cyclic N) is 1. The molecule has 0 aromatic carbocycles. The van der Waals surface area contributed by atoms with Gasteiger partial charge in [0, 0.05) is 6.54 Å². The highest BCUT2D eigenvalue weighted by Gasteiger charge is 2.30. The highest BCUT2D eigenvalue weighted by molar-refractivity contribution is 5.85. The third kappa shape index (κ3) is 6.44. The van der Waals surface area contributed by atoms with Gasteiger partial charge in [0.25, 0.3) is 0 Å². The van der Waals surface area contributed by atoms with Gasteiger partial charge >= 0.3 is 5.97 Å². The molecular formula is C15H28N2O4. The summed E-state index contributed by atoms with van der Waals surface area (Å²) in [6.45, 7) is 7.23. The molecule has 0 radical (unpaired) electrons. The van der Waals surface area contributed by atoms with Crippen LogP contribution in [0.2, 0.25) is 0 Å². The molecule has 0 aliphatic carbocycles. The molecule has 2 N–H and O–H groups in total. The van der Waals surface area contributed by atoms with E-state index < -0.39 is 17.6 Å². The fourth-order valence-electron chi connectivity index (χ4n) is 2.73. The van der Waals surface area contributed by atoms with E-state index in [0.29, 0.717) is 13.0 Å². The van der Waals surface area contributed by atoms with Gasteiger partial charge in [0.15, 0.2) is 0 Å². The van der Waals surface area contributed by atoms with Crippen molar-refractivity contribution in [3.05, 3.63) is 0 Å². The third-order valence-corrected chi connectivity index (χ3v) is 3.65. The molecule has 122 valence electrons. The SMILES string of the molecule is COC(=O)C(CC(C)C)NC(=O)CN1CCCC(C)(O)C1. The molecule has 0 bridgehead atoms. The van der Waals surface area contributed by atoms with Gasteiger partial charge in [-0.2, -0.15) is 0 Å². The van der Waals surface area contributed by atoms with Crippen LogP contribution >= 0.6 is 0 Å². The van der Waals surface area contributed by atoms with Crippen molar-refractivity contribution in [1.82, 2.24) is 10.2 Å². The van der Waals surface area contributed by atoms with Crippen molar-refractivity contribution in [1.29, 1.82) is 0 Å². The lowest BCUT2D eigenvalue weighted by Crippen LogP contribution is -2.51. The first-order chi connectivity index (χ1) is 9.73. The third-order valence-electron chi connectivity index (χ3n) is 3.65. The lowest BCUT2D eigenvalue weighted by atomic mass is 9.95. The Morgan fingerprint density at radius 1 is 1.43 bits per heavy atom. The minimum absolute atomic E-state index is 0.196. The van der Waals surface area contributed by atoms with Crippen LogP contribution in [0.4, 0.5) is 0 Å². The fourth-order valence-corrected chi connectivity index (χ4v) is 2.73. The molecule has 2 atom stereocenters. The molecular weight excluding hydrogens is 272 g/mol. The second kappa shape index (κ2) is 7.75. The maximum Gasteiger partial charge on any atom is 0.328 e. The Morgan fingerprint density at radius 2 is 2.10 bits per heavy atom. The topological polar surface area (TPSA) is 78.9 Å². The molecule has 1 saturated heterocycles. The van der Waals surface area contributed by atoms with Crippen molar-refractivity contribution in [3.63, 3.8) is 0 Å². The molecule has 1 fully saturated rings. The summed E-state index contributed by atoms with van der Waals surface area (Å²) < 4.78 is 4.73. The summed E-state index contributed by atoms with van der Waals surface area (Å²) in [5.74, 6) is -0.337. The standard InChI is InChI=1S/C15H28N2O4/c1-11(2)8-12(14(19)21-4)16-13(18)9-17-7-5-6-15(3,20)10-17/h11-12,20H,5-10H2,1-4H3,(H,16,18). The first kappa shape index (κ1) is 17.9. The Bertz CT molecular complexity index is 369. The minimum atomic E-state index is -0.738. The Kier molecular flexibility index (Phi) is 6.61. The summed E-state index contributed by atoms with van der Waals surface area (Å²) in [4.78, 5) is 25.7. The first-order valence-electron chi connectivity index (χ1n) is 7.55. The van der Waals surface area contributed by atoms with E-state index in [1.165, 1.54) is 7.11 Å². The number of ether oxygens (including phenoxy) is 1. The summed E-state index contributed by atoms with van der Waals surface area (Å²) in [7, 11) is 1.32. The van der Waals surface area contributed by atoms with Crippen LogP contribution in [0.25, 0.3) is 0 Å². The second-order valence-corrected chi connectivity index (χ2v) is 6.58. The molecule has 1 aliphatic heterocycles. The molecule has 1 amide bonds. The highest BCUT2D eigenvalue weighted by atomic mass is 16.5. The van der Waals surface area contributed by atoms with Crippen molar-refractivity contribution >= 4 is 11.9 Å². The number of aliphatic hydroxyl groups is 1. The summed E-state index contributed by atoms with van der Waals surface area (Å²) >= 11 is 0. The number of hydrogen-bond donors (Lipinski definition) is 2. The van der Waals surface area contributed by atoms with Crippen LogP contribution < -0.4 is 5.32 Å². The number of carbonyl (C=O) groups excluding carboxylic acids is 2. The normalized spacial score (nSPS) is 24.7. The first-order valence-corrected chi connectivity index (χ1v) is 7.55. The Hall–Kier alpha value is -1.14. The van der Waals surface area contributed by atoms with Gasteiger partial charge in [-0.05, 0) is 38.6 Å². The Morgan fingerprint density at radius 3 is 2.62 bits per heavy atom. The number of nitrogens with one attached hydrogen (secondary N) is 1. The molecule has 0 aromatic rings. The molecule has 21 heavy (non-hydrogen) atoms. The van der Waals surface area contributed by atoms with E-state index in [1.54, 1.807) is 6.92 Å². The summed E-state index contributed by atoms with van der Waals surface area (Å²) in [5, 5.41) is 12.8. The van der Waals surface area contributed by atoms with Crippen LogP contribution in [0.15, 0.2) is 0 Å². The van der Waals surface area contributed by atoms with E-state index in [0.717, 1.165) is 19.4 Å². The lowest BCUT2D eigenvalue weighted by molar-refractivity contribution is -0.145. The predicted molar refractivity (Wildman–Crippen MR) is 79.7 cm³/mol. The molecule has 2 unspecified atom stereocenters. The lowest BCUT2D eigenvalue weighted by Gasteiger charge is -2.36. The van der Waals surface area contributed by atoms with Crippen molar-refractivity contribution in [2.45, 2.75) is 51.7 Å². The Balaban J connectivity index is 2.51. The van der Waals surface area contributed by atoms with Gasteiger partial charge in [-0.1, -0.05) is 13.8 Å². The van der Waals surface area contributed by atoms with Gasteiger partial charge in [0.05, 0.1) is 19.3 Å². The van der Waals surface area contributed by atoms with Crippen molar-refractivity contribution < 1.29 is 19.4 Å². The van der Waals surface area contributed by atoms with Crippen LogP contribution in [0.3, 0.4) is 0 Å². The van der Waals surface area contributed by atoms with Gasteiger partial charge in [0.2, 0.25) is 5.91 Å². The molecule has 0 saturated carbocycles. The maximum absolute atomic E-state index is 12.1. The number of nitrogens with zero attached hydrogens (tertiary/aromatic N) is 1. The maximum atomic E-state index is 12.1. The zero-order valence-electron chi connectivity index (χ0n) is 13.5. The largest absolute Gasteiger partial charge is 0.467 e. The molecule has 1 aliphatic rings. The number of esters is 1. The van der Waals surface area contributed by atoms with E-state index >= 15 is 0 Å². The van der Waals surface area contributed by atoms with Gasteiger partial charge in [0.1, 0.15) is 6.04 Å². The molecule has 1 heterocycles. The molecule has 6 heteroatoms. The number of likely N-dealkylation sites (tertiary alicyclic amines) is 1. The quantitative estimate of drug-likeness (QED) is 0.700. The fraction of sp³-hybridized carbons (Fsp3) is 0.867. The van der Waals surface area contributed by atoms with Crippen LogP contribution in [-0.2, 0) is 14.3 Å². The molecule has 0 spiro atoms. The van der Waals surface area contributed by atoms with Crippen molar-refractivity contribution in [2.24, 2.45) is 5.92 Å². The number of methoxy groups -OCH3 is 1. The van der Waals surface area contributed by atoms with E-state index in [1.807, 2.05) is 18.7 Å². The highest BCUT2D eigenvalue weighted by Crippen LogP contribution is 2.19. The van der Waals surface area contributed by atoms with E-state index in [4.69, 9.17) is 4.74 Å². The van der Waals surface area contributed by atoms with Crippen LogP contribution in [0.5, 0.6) is 0 Å². The number of amides is 1. The van der Waals surface area contributed by atoms with Crippen LogP contribution in [0, 0.1) is 5.92 Å². The zero-order chi connectivity index (χ0) is 16.0. The zero-order valence-corrected chi connectivity index (χ0v) is 13.5. The number of carbonyl (C=O) groups is 2. The Labute approximate surface area is 126 Å². The number of rotatable bonds is 6. The minimum Gasteiger partial charge on any atom is -0.467 e. The average Bonchev–Trinajstić information content (AvgIpc) is 2.35. The average molecular weight is 300 g/mol. The predicted octanol–water partition coefficient (Wildman–Crippen LogP) is 0.537. The number of hydrogen-bond acceptors (Lipinski definition) is 5. The molecule has 0 aromatic heterocycles. The summed E-state index contributed by atoms with van der Waals surface area (Å²) in [6, 6.07) is -0.604. The summed E-state index contributed by atoms with van der Waals surface area (Å²) in [5.41, 5.74) is -0.738. The van der Waals surface area contributed by atoms with Crippen LogP contribution in [0.1, 0.15) is 40.0 Å².